The van der Waals surface area contributed by atoms with Gasteiger partial charge in [-0.25, -0.2) is 4.68 Å². The molecule has 0 atom stereocenters. The van der Waals surface area contributed by atoms with Gasteiger partial charge in [-0.05, 0) is 18.2 Å². The van der Waals surface area contributed by atoms with E-state index in [1.54, 1.807) is 4.68 Å². The molecule has 0 unspecified atom stereocenters. The average Bonchev–Trinajstić information content (AvgIpc) is 2.82. The predicted molar refractivity (Wildman–Crippen MR) is 79.0 cm³/mol. The number of halogens is 2. The van der Waals surface area contributed by atoms with Crippen LogP contribution in [0.1, 0.15) is 0 Å². The maximum atomic E-state index is 6.24. The van der Waals surface area contributed by atoms with E-state index in [-0.39, 0.29) is 0 Å². The quantitative estimate of drug-likeness (QED) is 0.659. The largest absolute Gasteiger partial charge is 0.222 e. The zero-order valence-electron chi connectivity index (χ0n) is 9.92. The third kappa shape index (κ3) is 2.50. The summed E-state index contributed by atoms with van der Waals surface area (Å²) < 4.78 is 1.68. The van der Waals surface area contributed by atoms with E-state index in [0.29, 0.717) is 10.2 Å². The van der Waals surface area contributed by atoms with Crippen LogP contribution in [-0.4, -0.2) is 9.78 Å². The highest BCUT2D eigenvalue weighted by Gasteiger charge is 2.09. The summed E-state index contributed by atoms with van der Waals surface area (Å²) in [5.41, 5.74) is 2.72. The van der Waals surface area contributed by atoms with E-state index in [4.69, 9.17) is 23.2 Å². The average molecular weight is 289 g/mol. The smallest absolute Gasteiger partial charge is 0.133 e. The number of hydrogen-bond donors (Lipinski definition) is 0. The molecule has 0 radical (unpaired) electrons. The molecule has 1 aromatic heterocycles. The molecule has 3 aromatic rings. The molecular formula is C15H10Cl2N2. The molecule has 3 rings (SSSR count). The predicted octanol–water partition coefficient (Wildman–Crippen LogP) is 4.85. The lowest BCUT2D eigenvalue weighted by atomic mass is 10.2. The zero-order valence-corrected chi connectivity index (χ0v) is 11.4. The Morgan fingerprint density at radius 3 is 2.37 bits per heavy atom. The van der Waals surface area contributed by atoms with Crippen LogP contribution in [0, 0.1) is 0 Å². The Labute approximate surface area is 121 Å². The van der Waals surface area contributed by atoms with Crippen LogP contribution in [0.3, 0.4) is 0 Å². The second kappa shape index (κ2) is 5.08. The number of aromatic nitrogens is 2. The highest BCUT2D eigenvalue weighted by Crippen LogP contribution is 2.25. The van der Waals surface area contributed by atoms with Gasteiger partial charge < -0.3 is 0 Å². The second-order valence-electron chi connectivity index (χ2n) is 4.11. The van der Waals surface area contributed by atoms with Gasteiger partial charge in [0.15, 0.2) is 0 Å². The van der Waals surface area contributed by atoms with Crippen molar-refractivity contribution in [3.05, 3.63) is 70.8 Å². The molecule has 4 heteroatoms. The molecular weight excluding hydrogens is 279 g/mol. The van der Waals surface area contributed by atoms with Crippen LogP contribution in [0.15, 0.2) is 60.7 Å². The van der Waals surface area contributed by atoms with Gasteiger partial charge in [0.25, 0.3) is 0 Å². The van der Waals surface area contributed by atoms with E-state index in [9.17, 15) is 0 Å². The van der Waals surface area contributed by atoms with Gasteiger partial charge in [0.05, 0.1) is 11.4 Å². The van der Waals surface area contributed by atoms with Gasteiger partial charge in [0, 0.05) is 16.7 Å². The summed E-state index contributed by atoms with van der Waals surface area (Å²) >= 11 is 12.2. The van der Waals surface area contributed by atoms with Crippen molar-refractivity contribution in [1.82, 2.24) is 9.78 Å². The molecule has 1 heterocycles. The van der Waals surface area contributed by atoms with Crippen molar-refractivity contribution in [2.45, 2.75) is 0 Å². The Morgan fingerprint density at radius 2 is 1.63 bits per heavy atom. The molecule has 0 aliphatic heterocycles. The molecule has 94 valence electrons. The van der Waals surface area contributed by atoms with Crippen molar-refractivity contribution >= 4 is 23.2 Å². The first kappa shape index (κ1) is 12.3. The maximum Gasteiger partial charge on any atom is 0.133 e. The first-order valence-electron chi connectivity index (χ1n) is 5.81. The van der Waals surface area contributed by atoms with Crippen molar-refractivity contribution in [1.29, 1.82) is 0 Å². The summed E-state index contributed by atoms with van der Waals surface area (Å²) in [6.45, 7) is 0. The molecule has 2 aromatic carbocycles. The molecule has 0 aliphatic carbocycles. The van der Waals surface area contributed by atoms with Crippen molar-refractivity contribution < 1.29 is 0 Å². The summed E-state index contributed by atoms with van der Waals surface area (Å²) in [5.74, 6) is 0. The van der Waals surface area contributed by atoms with Gasteiger partial charge in [0.1, 0.15) is 5.15 Å². The normalized spacial score (nSPS) is 10.6. The Hall–Kier alpha value is -1.77. The van der Waals surface area contributed by atoms with Gasteiger partial charge in [-0.3, -0.25) is 0 Å². The first-order chi connectivity index (χ1) is 9.24. The van der Waals surface area contributed by atoms with Gasteiger partial charge in [0.2, 0.25) is 0 Å². The fourth-order valence-corrected chi connectivity index (χ4v) is 2.32. The third-order valence-corrected chi connectivity index (χ3v) is 3.29. The molecule has 2 nitrogen and oxygen atoms in total. The minimum absolute atomic E-state index is 0.557. The van der Waals surface area contributed by atoms with Gasteiger partial charge in [-0.15, -0.1) is 0 Å². The lowest BCUT2D eigenvalue weighted by molar-refractivity contribution is 0.885. The maximum absolute atomic E-state index is 6.24. The number of benzene rings is 2. The lowest BCUT2D eigenvalue weighted by Gasteiger charge is -2.03. The van der Waals surface area contributed by atoms with Crippen LogP contribution in [0.25, 0.3) is 16.9 Å². The minimum atomic E-state index is 0.557. The van der Waals surface area contributed by atoms with E-state index in [1.165, 1.54) is 0 Å². The summed E-state index contributed by atoms with van der Waals surface area (Å²) in [4.78, 5) is 0. The van der Waals surface area contributed by atoms with Crippen molar-refractivity contribution in [2.24, 2.45) is 0 Å². The molecule has 0 spiro atoms. The van der Waals surface area contributed by atoms with Gasteiger partial charge in [-0.2, -0.15) is 5.10 Å². The summed E-state index contributed by atoms with van der Waals surface area (Å²) in [5, 5.41) is 5.73. The fourth-order valence-electron chi connectivity index (χ4n) is 1.90. The van der Waals surface area contributed by atoms with E-state index >= 15 is 0 Å². The first-order valence-corrected chi connectivity index (χ1v) is 6.56. The number of rotatable bonds is 2. The van der Waals surface area contributed by atoms with Gasteiger partial charge >= 0.3 is 0 Å². The van der Waals surface area contributed by atoms with Crippen molar-refractivity contribution in [3.63, 3.8) is 0 Å². The molecule has 0 bridgehead atoms. The molecule has 0 fully saturated rings. The van der Waals surface area contributed by atoms with E-state index in [1.807, 2.05) is 60.7 Å². The third-order valence-electron chi connectivity index (χ3n) is 2.79. The van der Waals surface area contributed by atoms with E-state index in [0.717, 1.165) is 16.9 Å². The Bertz CT molecular complexity index is 705. The van der Waals surface area contributed by atoms with Crippen molar-refractivity contribution in [2.75, 3.05) is 0 Å². The highest BCUT2D eigenvalue weighted by molar-refractivity contribution is 6.31. The summed E-state index contributed by atoms with van der Waals surface area (Å²) in [7, 11) is 0. The molecule has 0 amide bonds. The number of hydrogen-bond acceptors (Lipinski definition) is 1. The minimum Gasteiger partial charge on any atom is -0.222 e. The summed E-state index contributed by atoms with van der Waals surface area (Å²) in [6.07, 6.45) is 0. The van der Waals surface area contributed by atoms with Gasteiger partial charge in [-0.1, -0.05) is 59.6 Å². The van der Waals surface area contributed by atoms with Crippen molar-refractivity contribution in [3.8, 4) is 16.9 Å². The monoisotopic (exact) mass is 288 g/mol. The topological polar surface area (TPSA) is 17.8 Å². The zero-order chi connectivity index (χ0) is 13.2. The standard InChI is InChI=1S/C15H10Cl2N2/c16-12-7-4-8-13(9-12)19-15(17)10-14(18-19)11-5-2-1-3-6-11/h1-10H. The Balaban J connectivity index is 2.08. The molecule has 0 saturated carbocycles. The Morgan fingerprint density at radius 1 is 0.842 bits per heavy atom. The molecule has 0 aliphatic rings. The summed E-state index contributed by atoms with van der Waals surface area (Å²) in [6, 6.07) is 19.2. The van der Waals surface area contributed by atoms with Crippen LogP contribution >= 0.6 is 23.2 Å². The van der Waals surface area contributed by atoms with Crippen LogP contribution in [-0.2, 0) is 0 Å². The van der Waals surface area contributed by atoms with E-state index < -0.39 is 0 Å². The van der Waals surface area contributed by atoms with E-state index in [2.05, 4.69) is 5.10 Å². The fraction of sp³-hybridized carbons (Fsp3) is 0. The second-order valence-corrected chi connectivity index (χ2v) is 4.93. The van der Waals surface area contributed by atoms with Crippen LogP contribution in [0.5, 0.6) is 0 Å². The van der Waals surface area contributed by atoms with Crippen LogP contribution in [0.4, 0.5) is 0 Å². The molecule has 19 heavy (non-hydrogen) atoms. The van der Waals surface area contributed by atoms with Crippen LogP contribution in [0.2, 0.25) is 10.2 Å². The highest BCUT2D eigenvalue weighted by atomic mass is 35.5. The van der Waals surface area contributed by atoms with Crippen LogP contribution < -0.4 is 0 Å². The lowest BCUT2D eigenvalue weighted by Crippen LogP contribution is -1.96. The SMILES string of the molecule is Clc1cccc(-n2nc(-c3ccccc3)cc2Cl)c1. The number of nitrogens with zero attached hydrogens (tertiary/aromatic N) is 2. The molecule has 0 saturated heterocycles. The Kier molecular flexibility index (Phi) is 3.28. The molecule has 0 N–H and O–H groups in total.